The number of aromatic nitrogens is 1. The van der Waals surface area contributed by atoms with E-state index in [2.05, 4.69) is 4.98 Å². The number of halogens is 6. The number of fused-ring (bicyclic) bond motifs is 1. The summed E-state index contributed by atoms with van der Waals surface area (Å²) in [6.07, 6.45) is -9.79. The Kier molecular flexibility index (Phi) is 3.97. The average Bonchev–Trinajstić information content (AvgIpc) is 2.54. The van der Waals surface area contributed by atoms with E-state index in [0.29, 0.717) is 18.2 Å². The minimum atomic E-state index is -4.93. The quantitative estimate of drug-likeness (QED) is 0.602. The second-order valence-corrected chi connectivity index (χ2v) is 5.54. The predicted molar refractivity (Wildman–Crippen MR) is 84.4 cm³/mol. The van der Waals surface area contributed by atoms with E-state index in [9.17, 15) is 31.1 Å². The van der Waals surface area contributed by atoms with Gasteiger partial charge in [0, 0.05) is 16.5 Å². The predicted octanol–water partition coefficient (Wildman–Crippen LogP) is 4.81. The van der Waals surface area contributed by atoms with Crippen LogP contribution in [0.3, 0.4) is 0 Å². The van der Waals surface area contributed by atoms with Crippen LogP contribution in [0, 0.1) is 0 Å². The van der Waals surface area contributed by atoms with Gasteiger partial charge in [-0.15, -0.1) is 0 Å². The summed E-state index contributed by atoms with van der Waals surface area (Å²) in [5.41, 5.74) is 0.574. The molecule has 0 atom stereocenters. The number of hydrogen-bond donors (Lipinski definition) is 2. The monoisotopic (exact) mass is 372 g/mol. The average molecular weight is 372 g/mol. The number of anilines is 1. The summed E-state index contributed by atoms with van der Waals surface area (Å²) < 4.78 is 79.2. The lowest BCUT2D eigenvalue weighted by atomic mass is 9.93. The third kappa shape index (κ3) is 3.00. The first-order valence-corrected chi connectivity index (χ1v) is 7.19. The van der Waals surface area contributed by atoms with Gasteiger partial charge in [-0.25, -0.2) is 0 Å². The lowest BCUT2D eigenvalue weighted by molar-refractivity contribution is -0.141. The molecule has 0 aliphatic rings. The molecule has 0 radical (unpaired) electrons. The normalized spacial score (nSPS) is 12.5. The van der Waals surface area contributed by atoms with Crippen molar-refractivity contribution in [3.8, 4) is 11.1 Å². The molecule has 3 aromatic rings. The minimum absolute atomic E-state index is 0.106. The Labute approximate surface area is 142 Å². The van der Waals surface area contributed by atoms with E-state index < -0.39 is 40.3 Å². The zero-order valence-electron chi connectivity index (χ0n) is 12.8. The maximum Gasteiger partial charge on any atom is 0.417 e. The first kappa shape index (κ1) is 17.8. The van der Waals surface area contributed by atoms with E-state index in [0.717, 1.165) is 0 Å². The summed E-state index contributed by atoms with van der Waals surface area (Å²) in [5.74, 6) is 0. The summed E-state index contributed by atoms with van der Waals surface area (Å²) in [4.78, 5) is 14.4. The number of nitrogen functional groups attached to an aromatic ring is 1. The van der Waals surface area contributed by atoms with Gasteiger partial charge in [-0.2, -0.15) is 26.3 Å². The molecule has 0 spiro atoms. The van der Waals surface area contributed by atoms with Crippen molar-refractivity contribution in [2.45, 2.75) is 12.4 Å². The highest BCUT2D eigenvalue weighted by Gasteiger charge is 2.38. The van der Waals surface area contributed by atoms with E-state index in [-0.39, 0.29) is 16.5 Å². The van der Waals surface area contributed by atoms with E-state index in [1.54, 1.807) is 0 Å². The number of para-hydroxylation sites is 1. The fourth-order valence-electron chi connectivity index (χ4n) is 2.72. The number of pyridine rings is 1. The van der Waals surface area contributed by atoms with Crippen LogP contribution in [0.1, 0.15) is 11.1 Å². The zero-order chi connectivity index (χ0) is 19.3. The van der Waals surface area contributed by atoms with Crippen molar-refractivity contribution in [3.63, 3.8) is 0 Å². The highest BCUT2D eigenvalue weighted by atomic mass is 19.4. The second kappa shape index (κ2) is 5.79. The van der Waals surface area contributed by atoms with Crippen LogP contribution >= 0.6 is 0 Å². The van der Waals surface area contributed by atoms with Crippen molar-refractivity contribution >= 4 is 16.6 Å². The lowest BCUT2D eigenvalue weighted by Gasteiger charge is -2.18. The summed E-state index contributed by atoms with van der Waals surface area (Å²) in [6, 6.07) is 6.84. The molecule has 1 heterocycles. The fourth-order valence-corrected chi connectivity index (χ4v) is 2.72. The van der Waals surface area contributed by atoms with E-state index in [1.807, 2.05) is 0 Å². The summed E-state index contributed by atoms with van der Waals surface area (Å²) >= 11 is 0. The molecule has 0 saturated heterocycles. The second-order valence-electron chi connectivity index (χ2n) is 5.54. The lowest BCUT2D eigenvalue weighted by Crippen LogP contribution is -2.16. The molecule has 0 fully saturated rings. The Hall–Kier alpha value is -2.97. The van der Waals surface area contributed by atoms with Crippen LogP contribution in [0.25, 0.3) is 22.0 Å². The summed E-state index contributed by atoms with van der Waals surface area (Å²) in [5, 5.41) is 0.106. The maximum atomic E-state index is 13.4. The van der Waals surface area contributed by atoms with Gasteiger partial charge in [0.25, 0.3) is 5.56 Å². The molecule has 0 aliphatic heterocycles. The van der Waals surface area contributed by atoms with Gasteiger partial charge in [-0.3, -0.25) is 4.79 Å². The van der Waals surface area contributed by atoms with Gasteiger partial charge >= 0.3 is 12.4 Å². The molecule has 3 N–H and O–H groups in total. The summed E-state index contributed by atoms with van der Waals surface area (Å²) in [6.45, 7) is 0. The van der Waals surface area contributed by atoms with Gasteiger partial charge in [0.2, 0.25) is 0 Å². The van der Waals surface area contributed by atoms with Crippen LogP contribution < -0.4 is 11.3 Å². The molecule has 0 saturated carbocycles. The van der Waals surface area contributed by atoms with Crippen molar-refractivity contribution in [2.75, 3.05) is 5.73 Å². The number of benzene rings is 2. The Morgan fingerprint density at radius 2 is 1.54 bits per heavy atom. The van der Waals surface area contributed by atoms with Gasteiger partial charge in [-0.1, -0.05) is 18.2 Å². The van der Waals surface area contributed by atoms with Crippen LogP contribution in [-0.2, 0) is 12.4 Å². The molecule has 3 nitrogen and oxygen atoms in total. The van der Waals surface area contributed by atoms with Crippen molar-refractivity contribution in [1.82, 2.24) is 4.98 Å². The Morgan fingerprint density at radius 1 is 0.885 bits per heavy atom. The topological polar surface area (TPSA) is 58.9 Å². The van der Waals surface area contributed by atoms with Gasteiger partial charge < -0.3 is 10.7 Å². The fraction of sp³-hybridized carbons (Fsp3) is 0.118. The molecular formula is C17H10F6N2O. The van der Waals surface area contributed by atoms with Crippen molar-refractivity contribution in [3.05, 3.63) is 63.9 Å². The first-order valence-electron chi connectivity index (χ1n) is 7.19. The van der Waals surface area contributed by atoms with Crippen LogP contribution in [0.2, 0.25) is 0 Å². The van der Waals surface area contributed by atoms with Gasteiger partial charge in [-0.05, 0) is 29.8 Å². The molecule has 9 heteroatoms. The Morgan fingerprint density at radius 3 is 2.15 bits per heavy atom. The number of alkyl halides is 6. The van der Waals surface area contributed by atoms with Crippen LogP contribution in [0.15, 0.2) is 47.3 Å². The van der Waals surface area contributed by atoms with E-state index in [4.69, 9.17) is 5.73 Å². The smallest absolute Gasteiger partial charge is 0.394 e. The van der Waals surface area contributed by atoms with E-state index in [1.165, 1.54) is 24.3 Å². The molecule has 1 aromatic heterocycles. The largest absolute Gasteiger partial charge is 0.417 e. The maximum absolute atomic E-state index is 13.4. The number of aromatic amines is 1. The first-order chi connectivity index (χ1) is 12.0. The Bertz CT molecular complexity index is 1050. The number of hydrogen-bond acceptors (Lipinski definition) is 2. The number of rotatable bonds is 1. The highest BCUT2D eigenvalue weighted by Crippen LogP contribution is 2.43. The molecule has 0 amide bonds. The zero-order valence-corrected chi connectivity index (χ0v) is 12.8. The van der Waals surface area contributed by atoms with Crippen molar-refractivity contribution in [1.29, 1.82) is 0 Å². The SMILES string of the molecule is Nc1c(-c2cc(C(F)(F)F)ccc2C(F)(F)F)c2ccccc2[nH]c1=O. The molecule has 0 unspecified atom stereocenters. The van der Waals surface area contributed by atoms with Crippen LogP contribution in [0.4, 0.5) is 32.0 Å². The third-order valence-corrected chi connectivity index (χ3v) is 3.88. The summed E-state index contributed by atoms with van der Waals surface area (Å²) in [7, 11) is 0. The molecule has 2 aromatic carbocycles. The number of nitrogens with two attached hydrogens (primary N) is 1. The number of H-pyrrole nitrogens is 1. The van der Waals surface area contributed by atoms with Gasteiger partial charge in [0.15, 0.2) is 0 Å². The van der Waals surface area contributed by atoms with Crippen LogP contribution in [0.5, 0.6) is 0 Å². The van der Waals surface area contributed by atoms with Gasteiger partial charge in [0.1, 0.15) is 5.69 Å². The van der Waals surface area contributed by atoms with Crippen molar-refractivity contribution in [2.24, 2.45) is 0 Å². The molecular weight excluding hydrogens is 362 g/mol. The molecule has 0 aliphatic carbocycles. The van der Waals surface area contributed by atoms with E-state index >= 15 is 0 Å². The van der Waals surface area contributed by atoms with Crippen molar-refractivity contribution < 1.29 is 26.3 Å². The molecule has 136 valence electrons. The highest BCUT2D eigenvalue weighted by molar-refractivity contribution is 6.00. The number of nitrogens with one attached hydrogen (secondary N) is 1. The van der Waals surface area contributed by atoms with Gasteiger partial charge in [0.05, 0.1) is 11.1 Å². The third-order valence-electron chi connectivity index (χ3n) is 3.88. The minimum Gasteiger partial charge on any atom is -0.394 e. The van der Waals surface area contributed by atoms with Crippen LogP contribution in [-0.4, -0.2) is 4.98 Å². The molecule has 0 bridgehead atoms. The molecule has 26 heavy (non-hydrogen) atoms. The Balaban J connectivity index is 2.49. The standard InChI is InChI=1S/C17H10F6N2O/c18-16(19,20)8-5-6-11(17(21,22)23)10(7-8)13-9-3-1-2-4-12(9)25-15(26)14(13)24/h1-7H,24H2,(H,25,26). The molecule has 3 rings (SSSR count).